The summed E-state index contributed by atoms with van der Waals surface area (Å²) in [7, 11) is 0. The molecule has 4 aliphatic rings. The van der Waals surface area contributed by atoms with Crippen LogP contribution < -0.4 is 10.6 Å². The highest BCUT2D eigenvalue weighted by molar-refractivity contribution is 9.10. The Kier molecular flexibility index (Phi) is 4.93. The molecule has 0 radical (unpaired) electrons. The maximum atomic E-state index is 13.2. The van der Waals surface area contributed by atoms with Crippen molar-refractivity contribution in [2.24, 2.45) is 40.9 Å². The first-order valence-electron chi connectivity index (χ1n) is 10.9. The molecular weight excluding hydrogens is 434 g/mol. The Labute approximate surface area is 179 Å². The highest BCUT2D eigenvalue weighted by Crippen LogP contribution is 2.78. The zero-order valence-corrected chi connectivity index (χ0v) is 18.0. The Bertz CT molecular complexity index is 810. The molecule has 29 heavy (non-hydrogen) atoms. The van der Waals surface area contributed by atoms with Crippen LogP contribution in [-0.2, 0) is 9.59 Å². The molecule has 3 aliphatic carbocycles. The van der Waals surface area contributed by atoms with Gasteiger partial charge in [0, 0.05) is 0 Å². The third kappa shape index (κ3) is 3.21. The van der Waals surface area contributed by atoms with E-state index in [2.05, 4.69) is 31.5 Å². The second kappa shape index (κ2) is 7.34. The minimum Gasteiger partial charge on any atom is -0.481 e. The molecule has 3 N–H and O–H groups in total. The fraction of sp³-hybridized carbons (Fsp3) is 0.682. The van der Waals surface area contributed by atoms with Crippen molar-refractivity contribution in [2.45, 2.75) is 38.5 Å². The normalized spacial score (nSPS) is 40.2. The van der Waals surface area contributed by atoms with Crippen molar-refractivity contribution < 1.29 is 14.7 Å². The molecule has 2 heterocycles. The number of pyridine rings is 1. The van der Waals surface area contributed by atoms with Crippen LogP contribution in [-0.4, -0.2) is 35.1 Å². The van der Waals surface area contributed by atoms with Crippen LogP contribution in [0.1, 0.15) is 38.5 Å². The van der Waals surface area contributed by atoms with Crippen molar-refractivity contribution in [3.8, 4) is 0 Å². The van der Waals surface area contributed by atoms with E-state index >= 15 is 0 Å². The number of nitrogens with one attached hydrogen (secondary N) is 2. The molecule has 0 aromatic carbocycles. The minimum absolute atomic E-state index is 0.0977. The van der Waals surface area contributed by atoms with Gasteiger partial charge in [-0.1, -0.05) is 0 Å². The van der Waals surface area contributed by atoms with Gasteiger partial charge in [-0.05, 0) is 109 Å². The van der Waals surface area contributed by atoms with Crippen LogP contribution in [0, 0.1) is 40.9 Å². The minimum atomic E-state index is -0.796. The Balaban J connectivity index is 1.35. The molecule has 3 unspecified atom stereocenters. The molecule has 1 saturated heterocycles. The van der Waals surface area contributed by atoms with Gasteiger partial charge in [0.2, 0.25) is 5.91 Å². The zero-order valence-electron chi connectivity index (χ0n) is 16.4. The van der Waals surface area contributed by atoms with Gasteiger partial charge in [0.25, 0.3) is 0 Å². The number of anilines is 1. The summed E-state index contributed by atoms with van der Waals surface area (Å²) < 4.78 is 0.704. The number of halogens is 1. The summed E-state index contributed by atoms with van der Waals surface area (Å²) in [5.41, 5.74) is 0.722. The lowest BCUT2D eigenvalue weighted by molar-refractivity contribution is -0.148. The van der Waals surface area contributed by atoms with Crippen molar-refractivity contribution in [1.82, 2.24) is 10.3 Å². The number of aromatic nitrogens is 1. The first-order valence-corrected chi connectivity index (χ1v) is 11.7. The Morgan fingerprint density at radius 3 is 2.69 bits per heavy atom. The number of carboxylic acid groups (broad SMARTS) is 1. The topological polar surface area (TPSA) is 91.3 Å². The third-order valence-corrected chi connectivity index (χ3v) is 8.69. The largest absolute Gasteiger partial charge is 0.481 e. The monoisotopic (exact) mass is 461 g/mol. The first-order chi connectivity index (χ1) is 14.0. The van der Waals surface area contributed by atoms with Gasteiger partial charge in [-0.25, -0.2) is 4.98 Å². The highest BCUT2D eigenvalue weighted by atomic mass is 79.9. The fourth-order valence-electron chi connectivity index (χ4n) is 7.15. The van der Waals surface area contributed by atoms with Crippen LogP contribution in [0.4, 0.5) is 5.69 Å². The van der Waals surface area contributed by atoms with Crippen LogP contribution in [0.25, 0.3) is 0 Å². The Morgan fingerprint density at radius 1 is 1.24 bits per heavy atom. The molecule has 4 fully saturated rings. The Morgan fingerprint density at radius 2 is 2.03 bits per heavy atom. The summed E-state index contributed by atoms with van der Waals surface area (Å²) in [5.74, 6) is -0.245. The maximum Gasteiger partial charge on any atom is 0.307 e. The second-order valence-electron chi connectivity index (χ2n) is 9.50. The summed E-state index contributed by atoms with van der Waals surface area (Å²) in [4.78, 5) is 29.6. The van der Waals surface area contributed by atoms with E-state index in [-0.39, 0.29) is 23.2 Å². The van der Waals surface area contributed by atoms with E-state index in [1.807, 2.05) is 0 Å². The zero-order chi connectivity index (χ0) is 20.2. The SMILES string of the molecule is O=C(O)[C@H]1[C@H](C(=O)Nc2ccc(Br)nc2)[C@@H]2CC[C@H]1C21CC1CC1CCCNC1. The van der Waals surface area contributed by atoms with E-state index in [4.69, 9.17) is 0 Å². The first kappa shape index (κ1) is 19.5. The van der Waals surface area contributed by atoms with E-state index in [9.17, 15) is 14.7 Å². The second-order valence-corrected chi connectivity index (χ2v) is 10.3. The number of amides is 1. The molecule has 7 heteroatoms. The van der Waals surface area contributed by atoms with Gasteiger partial charge < -0.3 is 15.7 Å². The van der Waals surface area contributed by atoms with Crippen LogP contribution >= 0.6 is 15.9 Å². The van der Waals surface area contributed by atoms with E-state index < -0.39 is 17.8 Å². The molecule has 1 spiro atoms. The lowest BCUT2D eigenvalue weighted by atomic mass is 9.78. The number of aliphatic carboxylic acids is 1. The van der Waals surface area contributed by atoms with Gasteiger partial charge in [0.05, 0.1) is 23.7 Å². The number of carbonyl (C=O) groups excluding carboxylic acids is 1. The van der Waals surface area contributed by atoms with E-state index in [0.29, 0.717) is 22.1 Å². The van der Waals surface area contributed by atoms with Gasteiger partial charge in [-0.2, -0.15) is 0 Å². The third-order valence-electron chi connectivity index (χ3n) is 8.22. The molecule has 3 saturated carbocycles. The van der Waals surface area contributed by atoms with E-state index in [1.54, 1.807) is 18.3 Å². The molecule has 2 bridgehead atoms. The van der Waals surface area contributed by atoms with Crippen molar-refractivity contribution in [2.75, 3.05) is 18.4 Å². The standard InChI is InChI=1S/C22H28BrN3O3/c23-17-6-3-14(11-25-17)26-20(27)18-15-4-5-16(19(18)21(28)29)22(15)9-13(22)8-12-2-1-7-24-10-12/h3,6,11-13,15-16,18-19,24H,1-2,4-5,7-10H2,(H,26,27)(H,28,29)/t12?,13?,15-,16+,18+,19+,22?/m0/s1. The van der Waals surface area contributed by atoms with Gasteiger partial charge in [-0.15, -0.1) is 0 Å². The molecule has 1 aromatic rings. The number of nitrogens with zero attached hydrogens (tertiary/aromatic N) is 1. The molecule has 1 amide bonds. The average molecular weight is 462 g/mol. The quantitative estimate of drug-likeness (QED) is 0.583. The van der Waals surface area contributed by atoms with Crippen LogP contribution in [0.3, 0.4) is 0 Å². The van der Waals surface area contributed by atoms with Crippen molar-refractivity contribution in [3.63, 3.8) is 0 Å². The fourth-order valence-corrected chi connectivity index (χ4v) is 7.39. The predicted octanol–water partition coefficient (Wildman–Crippen LogP) is 3.54. The molecule has 156 valence electrons. The van der Waals surface area contributed by atoms with Crippen molar-refractivity contribution in [1.29, 1.82) is 0 Å². The highest BCUT2D eigenvalue weighted by Gasteiger charge is 2.76. The van der Waals surface area contributed by atoms with Gasteiger partial charge in [0.1, 0.15) is 4.60 Å². The molecule has 5 rings (SSSR count). The summed E-state index contributed by atoms with van der Waals surface area (Å²) in [6.45, 7) is 2.20. The number of hydrogen-bond donors (Lipinski definition) is 3. The molecule has 7 atom stereocenters. The van der Waals surface area contributed by atoms with Crippen molar-refractivity contribution >= 4 is 33.5 Å². The van der Waals surface area contributed by atoms with Crippen LogP contribution in [0.2, 0.25) is 0 Å². The average Bonchev–Trinajstić information content (AvgIpc) is 3.21. The summed E-state index contributed by atoms with van der Waals surface area (Å²) in [5, 5.41) is 16.5. The van der Waals surface area contributed by atoms with Crippen molar-refractivity contribution in [3.05, 3.63) is 22.9 Å². The van der Waals surface area contributed by atoms with Gasteiger partial charge in [-0.3, -0.25) is 9.59 Å². The maximum absolute atomic E-state index is 13.2. The molecule has 6 nitrogen and oxygen atoms in total. The number of carboxylic acids is 1. The van der Waals surface area contributed by atoms with Gasteiger partial charge in [0.15, 0.2) is 0 Å². The summed E-state index contributed by atoms with van der Waals surface area (Å²) >= 11 is 3.30. The lowest BCUT2D eigenvalue weighted by Gasteiger charge is -2.26. The molecule has 1 aliphatic heterocycles. The summed E-state index contributed by atoms with van der Waals surface area (Å²) in [6, 6.07) is 3.57. The smallest absolute Gasteiger partial charge is 0.307 e. The van der Waals surface area contributed by atoms with E-state index in [1.165, 1.54) is 19.3 Å². The molecule has 1 aromatic heterocycles. The number of hydrogen-bond acceptors (Lipinski definition) is 4. The number of carbonyl (C=O) groups is 2. The van der Waals surface area contributed by atoms with Crippen LogP contribution in [0.15, 0.2) is 22.9 Å². The van der Waals surface area contributed by atoms with E-state index in [0.717, 1.165) is 32.4 Å². The number of rotatable bonds is 5. The predicted molar refractivity (Wildman–Crippen MR) is 112 cm³/mol. The lowest BCUT2D eigenvalue weighted by Crippen LogP contribution is -2.37. The summed E-state index contributed by atoms with van der Waals surface area (Å²) in [6.07, 6.45) is 8.38. The molecular formula is C22H28BrN3O3. The van der Waals surface area contributed by atoms with Gasteiger partial charge >= 0.3 is 5.97 Å². The number of piperidine rings is 1. The van der Waals surface area contributed by atoms with Crippen LogP contribution in [0.5, 0.6) is 0 Å². The Hall–Kier alpha value is -1.47.